The number of thiazole rings is 1. The van der Waals surface area contributed by atoms with Gasteiger partial charge in [0.15, 0.2) is 0 Å². The van der Waals surface area contributed by atoms with E-state index in [2.05, 4.69) is 34.3 Å². The predicted octanol–water partition coefficient (Wildman–Crippen LogP) is 2.35. The van der Waals surface area contributed by atoms with Crippen LogP contribution >= 0.6 is 11.3 Å². The molecular weight excluding hydrogens is 308 g/mol. The van der Waals surface area contributed by atoms with Crippen LogP contribution in [0.2, 0.25) is 0 Å². The molecule has 1 aliphatic rings. The summed E-state index contributed by atoms with van der Waals surface area (Å²) in [5.74, 6) is 0.0571. The van der Waals surface area contributed by atoms with E-state index in [0.29, 0.717) is 12.5 Å². The van der Waals surface area contributed by atoms with E-state index in [4.69, 9.17) is 0 Å². The average Bonchev–Trinajstić information content (AvgIpc) is 3.17. The van der Waals surface area contributed by atoms with Crippen LogP contribution in [0, 0.1) is 0 Å². The first-order valence-electron chi connectivity index (χ1n) is 7.95. The monoisotopic (exact) mass is 330 g/mol. The smallest absolute Gasteiger partial charge is 0.226 e. The molecular formula is C17H22N4OS. The van der Waals surface area contributed by atoms with Crippen molar-refractivity contribution in [2.75, 3.05) is 14.1 Å². The molecule has 1 saturated carbocycles. The Morgan fingerprint density at radius 3 is 3.00 bits per heavy atom. The Morgan fingerprint density at radius 2 is 2.26 bits per heavy atom. The molecule has 2 atom stereocenters. The van der Waals surface area contributed by atoms with Gasteiger partial charge in [-0.15, -0.1) is 11.3 Å². The summed E-state index contributed by atoms with van der Waals surface area (Å²) in [6.07, 6.45) is 5.47. The Kier molecular flexibility index (Phi) is 5.03. The van der Waals surface area contributed by atoms with E-state index in [0.717, 1.165) is 29.2 Å². The number of carbonyl (C=O) groups is 1. The molecule has 1 aliphatic carbocycles. The van der Waals surface area contributed by atoms with Crippen molar-refractivity contribution in [1.29, 1.82) is 0 Å². The number of amides is 1. The third-order valence-electron chi connectivity index (χ3n) is 4.27. The molecule has 1 fully saturated rings. The first-order valence-corrected chi connectivity index (χ1v) is 8.83. The molecule has 0 radical (unpaired) electrons. The van der Waals surface area contributed by atoms with Crippen LogP contribution in [0.4, 0.5) is 0 Å². The summed E-state index contributed by atoms with van der Waals surface area (Å²) in [6, 6.07) is 6.46. The summed E-state index contributed by atoms with van der Waals surface area (Å²) in [4.78, 5) is 23.3. The van der Waals surface area contributed by atoms with Crippen molar-refractivity contribution in [3.05, 3.63) is 35.5 Å². The standard InChI is InChI=1S/C17H22N4OS/c1-21(2)15-8-5-7-13(15)20-16(22)10-12-11-23-17(19-12)14-6-3-4-9-18-14/h3-4,6,9,11,13,15H,5,7-8,10H2,1-2H3,(H,20,22)/t13-,15-/m1/s1. The highest BCUT2D eigenvalue weighted by molar-refractivity contribution is 7.13. The molecule has 23 heavy (non-hydrogen) atoms. The van der Waals surface area contributed by atoms with Crippen LogP contribution in [0.25, 0.3) is 10.7 Å². The fourth-order valence-corrected chi connectivity index (χ4v) is 3.94. The highest BCUT2D eigenvalue weighted by Gasteiger charge is 2.29. The molecule has 2 aromatic heterocycles. The lowest BCUT2D eigenvalue weighted by molar-refractivity contribution is -0.121. The van der Waals surface area contributed by atoms with Crippen LogP contribution in [-0.4, -0.2) is 47.0 Å². The van der Waals surface area contributed by atoms with Crippen molar-refractivity contribution in [2.45, 2.75) is 37.8 Å². The second-order valence-electron chi connectivity index (χ2n) is 6.17. The second kappa shape index (κ2) is 7.19. The summed E-state index contributed by atoms with van der Waals surface area (Å²) in [5, 5.41) is 5.98. The number of hydrogen-bond acceptors (Lipinski definition) is 5. The van der Waals surface area contributed by atoms with Gasteiger partial charge in [0.2, 0.25) is 5.91 Å². The minimum absolute atomic E-state index is 0.0571. The van der Waals surface area contributed by atoms with Crippen molar-refractivity contribution in [3.63, 3.8) is 0 Å². The Balaban J connectivity index is 1.59. The number of nitrogens with one attached hydrogen (secondary N) is 1. The molecule has 3 rings (SSSR count). The van der Waals surface area contributed by atoms with Crippen molar-refractivity contribution in [3.8, 4) is 10.7 Å². The summed E-state index contributed by atoms with van der Waals surface area (Å²) in [6.45, 7) is 0. The number of pyridine rings is 1. The molecule has 0 aromatic carbocycles. The molecule has 2 aromatic rings. The van der Waals surface area contributed by atoms with Gasteiger partial charge in [-0.1, -0.05) is 6.07 Å². The minimum atomic E-state index is 0.0571. The van der Waals surface area contributed by atoms with Crippen molar-refractivity contribution < 1.29 is 4.79 Å². The van der Waals surface area contributed by atoms with Crippen LogP contribution in [0.1, 0.15) is 25.0 Å². The molecule has 0 saturated heterocycles. The van der Waals surface area contributed by atoms with Crippen LogP contribution in [-0.2, 0) is 11.2 Å². The quantitative estimate of drug-likeness (QED) is 0.914. The van der Waals surface area contributed by atoms with Crippen LogP contribution in [0.5, 0.6) is 0 Å². The molecule has 0 aliphatic heterocycles. The number of likely N-dealkylation sites (N-methyl/N-ethyl adjacent to an activating group) is 1. The SMILES string of the molecule is CN(C)[C@@H]1CCC[C@H]1NC(=O)Cc1csc(-c2ccccn2)n1. The van der Waals surface area contributed by atoms with Crippen LogP contribution in [0.15, 0.2) is 29.8 Å². The van der Waals surface area contributed by atoms with E-state index in [1.54, 1.807) is 6.20 Å². The van der Waals surface area contributed by atoms with Gasteiger partial charge in [0.25, 0.3) is 0 Å². The highest BCUT2D eigenvalue weighted by Crippen LogP contribution is 2.24. The van der Waals surface area contributed by atoms with Crippen molar-refractivity contribution >= 4 is 17.2 Å². The van der Waals surface area contributed by atoms with E-state index in [-0.39, 0.29) is 11.9 Å². The third kappa shape index (κ3) is 3.95. The first-order chi connectivity index (χ1) is 11.1. The van der Waals surface area contributed by atoms with Gasteiger partial charge in [-0.05, 0) is 45.5 Å². The Labute approximate surface area is 140 Å². The normalized spacial score (nSPS) is 20.8. The van der Waals surface area contributed by atoms with E-state index in [1.165, 1.54) is 17.8 Å². The summed E-state index contributed by atoms with van der Waals surface area (Å²) < 4.78 is 0. The molecule has 1 amide bonds. The van der Waals surface area contributed by atoms with E-state index < -0.39 is 0 Å². The average molecular weight is 330 g/mol. The van der Waals surface area contributed by atoms with Gasteiger partial charge in [-0.3, -0.25) is 9.78 Å². The van der Waals surface area contributed by atoms with Crippen molar-refractivity contribution in [2.24, 2.45) is 0 Å². The number of aromatic nitrogens is 2. The minimum Gasteiger partial charge on any atom is -0.351 e. The lowest BCUT2D eigenvalue weighted by Crippen LogP contribution is -2.46. The maximum Gasteiger partial charge on any atom is 0.226 e. The zero-order valence-corrected chi connectivity index (χ0v) is 14.3. The summed E-state index contributed by atoms with van der Waals surface area (Å²) >= 11 is 1.53. The molecule has 0 bridgehead atoms. The van der Waals surface area contributed by atoms with E-state index in [1.807, 2.05) is 23.6 Å². The maximum atomic E-state index is 12.3. The first kappa shape index (κ1) is 16.1. The van der Waals surface area contributed by atoms with Gasteiger partial charge in [-0.25, -0.2) is 4.98 Å². The Hall–Kier alpha value is -1.79. The largest absolute Gasteiger partial charge is 0.351 e. The Bertz CT molecular complexity index is 656. The molecule has 1 N–H and O–H groups in total. The molecule has 2 heterocycles. The molecule has 122 valence electrons. The van der Waals surface area contributed by atoms with Crippen molar-refractivity contribution in [1.82, 2.24) is 20.2 Å². The fourth-order valence-electron chi connectivity index (χ4n) is 3.14. The van der Waals surface area contributed by atoms with E-state index in [9.17, 15) is 4.79 Å². The van der Waals surface area contributed by atoms with Gasteiger partial charge < -0.3 is 10.2 Å². The number of hydrogen-bond donors (Lipinski definition) is 1. The second-order valence-corrected chi connectivity index (χ2v) is 7.03. The summed E-state index contributed by atoms with van der Waals surface area (Å²) in [5.41, 5.74) is 1.67. The van der Waals surface area contributed by atoms with Gasteiger partial charge in [0.05, 0.1) is 17.8 Å². The van der Waals surface area contributed by atoms with Gasteiger partial charge in [0, 0.05) is 23.7 Å². The molecule has 0 unspecified atom stereocenters. The zero-order chi connectivity index (χ0) is 16.2. The fraction of sp³-hybridized carbons (Fsp3) is 0.471. The zero-order valence-electron chi connectivity index (χ0n) is 13.5. The maximum absolute atomic E-state index is 12.3. The van der Waals surface area contributed by atoms with Gasteiger partial charge in [-0.2, -0.15) is 0 Å². The van der Waals surface area contributed by atoms with Gasteiger partial charge in [0.1, 0.15) is 5.01 Å². The molecule has 5 nitrogen and oxygen atoms in total. The highest BCUT2D eigenvalue weighted by atomic mass is 32.1. The third-order valence-corrected chi connectivity index (χ3v) is 5.18. The number of rotatable bonds is 5. The number of carbonyl (C=O) groups excluding carboxylic acids is 1. The van der Waals surface area contributed by atoms with E-state index >= 15 is 0 Å². The Morgan fingerprint density at radius 1 is 1.39 bits per heavy atom. The lowest BCUT2D eigenvalue weighted by atomic mass is 10.1. The summed E-state index contributed by atoms with van der Waals surface area (Å²) in [7, 11) is 4.16. The van der Waals surface area contributed by atoms with Crippen LogP contribution in [0.3, 0.4) is 0 Å². The van der Waals surface area contributed by atoms with Gasteiger partial charge >= 0.3 is 0 Å². The lowest BCUT2D eigenvalue weighted by Gasteiger charge is -2.26. The predicted molar refractivity (Wildman–Crippen MR) is 92.3 cm³/mol. The molecule has 6 heteroatoms. The molecule has 0 spiro atoms. The van der Waals surface area contributed by atoms with Crippen LogP contribution < -0.4 is 5.32 Å². The topological polar surface area (TPSA) is 58.1 Å². The number of nitrogens with zero attached hydrogens (tertiary/aromatic N) is 3.